The molecule has 10 heteroatoms. The van der Waals surface area contributed by atoms with E-state index >= 15 is 0 Å². The van der Waals surface area contributed by atoms with Crippen LogP contribution in [0.3, 0.4) is 0 Å². The van der Waals surface area contributed by atoms with Crippen LogP contribution in [0.5, 0.6) is 0 Å². The first-order valence-corrected chi connectivity index (χ1v) is 8.85. The highest BCUT2D eigenvalue weighted by atomic mass is 16.6. The molecule has 2 fully saturated rings. The number of hydrogen-bond donors (Lipinski definition) is 1. The second-order valence-corrected chi connectivity index (χ2v) is 6.84. The lowest BCUT2D eigenvalue weighted by atomic mass is 9.95. The second kappa shape index (κ2) is 7.90. The van der Waals surface area contributed by atoms with Crippen molar-refractivity contribution in [1.29, 1.82) is 0 Å². The highest BCUT2D eigenvalue weighted by molar-refractivity contribution is 5.74. The zero-order valence-electron chi connectivity index (χ0n) is 15.3. The normalized spacial score (nSPS) is 23.2. The van der Waals surface area contributed by atoms with E-state index in [-0.39, 0.29) is 12.1 Å². The molecule has 1 spiro atoms. The van der Waals surface area contributed by atoms with Gasteiger partial charge in [-0.1, -0.05) is 0 Å². The quantitative estimate of drug-likeness (QED) is 0.811. The topological polar surface area (TPSA) is 102 Å². The third kappa shape index (κ3) is 4.06. The van der Waals surface area contributed by atoms with Gasteiger partial charge in [-0.2, -0.15) is 0 Å². The number of nitrogens with zero attached hydrogens (tertiary/aromatic N) is 5. The molecular formula is C16H26N6O4. The maximum Gasteiger partial charge on any atom is 0.410 e. The van der Waals surface area contributed by atoms with E-state index in [4.69, 9.17) is 9.47 Å². The van der Waals surface area contributed by atoms with Crippen molar-refractivity contribution in [3.8, 4) is 0 Å². The first kappa shape index (κ1) is 18.4. The molecule has 0 bridgehead atoms. The average Bonchev–Trinajstić information content (AvgIpc) is 3.11. The number of aromatic nitrogens is 3. The van der Waals surface area contributed by atoms with Crippen LogP contribution in [0.1, 0.15) is 25.1 Å². The molecule has 1 N–H and O–H groups in total. The molecule has 0 aliphatic carbocycles. The van der Waals surface area contributed by atoms with Gasteiger partial charge in [0, 0.05) is 40.2 Å². The number of likely N-dealkylation sites (N-methyl/N-ethyl adjacent to an activating group) is 1. The van der Waals surface area contributed by atoms with E-state index in [2.05, 4.69) is 15.5 Å². The molecule has 0 radical (unpaired) electrons. The Morgan fingerprint density at radius 3 is 3.00 bits per heavy atom. The van der Waals surface area contributed by atoms with Crippen LogP contribution in [-0.4, -0.2) is 82.7 Å². The van der Waals surface area contributed by atoms with Crippen molar-refractivity contribution in [2.24, 2.45) is 0 Å². The van der Waals surface area contributed by atoms with Gasteiger partial charge >= 0.3 is 12.1 Å². The van der Waals surface area contributed by atoms with E-state index < -0.39 is 5.60 Å². The Morgan fingerprint density at radius 1 is 1.42 bits per heavy atom. The van der Waals surface area contributed by atoms with Gasteiger partial charge in [-0.05, 0) is 12.8 Å². The van der Waals surface area contributed by atoms with E-state index in [1.807, 2.05) is 4.57 Å². The molecule has 0 saturated carbocycles. The van der Waals surface area contributed by atoms with Gasteiger partial charge in [-0.15, -0.1) is 10.2 Å². The summed E-state index contributed by atoms with van der Waals surface area (Å²) in [5, 5.41) is 10.8. The Morgan fingerprint density at radius 2 is 2.27 bits per heavy atom. The van der Waals surface area contributed by atoms with E-state index in [9.17, 15) is 9.59 Å². The summed E-state index contributed by atoms with van der Waals surface area (Å²) in [6.07, 6.45) is 3.58. The van der Waals surface area contributed by atoms with Crippen molar-refractivity contribution in [1.82, 2.24) is 29.9 Å². The van der Waals surface area contributed by atoms with Crippen molar-refractivity contribution < 1.29 is 19.1 Å². The molecule has 2 aliphatic heterocycles. The van der Waals surface area contributed by atoms with Crippen LogP contribution in [0.2, 0.25) is 0 Å². The van der Waals surface area contributed by atoms with Gasteiger partial charge in [0.05, 0.1) is 19.7 Å². The van der Waals surface area contributed by atoms with Gasteiger partial charge in [-0.3, -0.25) is 0 Å². The summed E-state index contributed by atoms with van der Waals surface area (Å²) < 4.78 is 12.5. The predicted octanol–water partition coefficient (Wildman–Crippen LogP) is 0.441. The Labute approximate surface area is 152 Å². The van der Waals surface area contributed by atoms with E-state index in [0.29, 0.717) is 51.6 Å². The van der Waals surface area contributed by atoms with Crippen LogP contribution >= 0.6 is 0 Å². The lowest BCUT2D eigenvalue weighted by Crippen LogP contribution is -2.41. The minimum absolute atomic E-state index is 0.138. The van der Waals surface area contributed by atoms with Crippen LogP contribution in [0.15, 0.2) is 6.33 Å². The molecule has 0 unspecified atom stereocenters. The number of carbonyl (C=O) groups excluding carboxylic acids is 2. The molecule has 2 aliphatic rings. The number of amides is 3. The Balaban J connectivity index is 1.51. The fraction of sp³-hybridized carbons (Fsp3) is 0.750. The number of methoxy groups -OCH3 is 1. The van der Waals surface area contributed by atoms with E-state index in [1.165, 1.54) is 0 Å². The molecule has 2 saturated heterocycles. The molecule has 144 valence electrons. The van der Waals surface area contributed by atoms with Gasteiger partial charge in [-0.25, -0.2) is 9.59 Å². The number of likely N-dealkylation sites (tertiary alicyclic amines) is 1. The number of hydrogen-bond acceptors (Lipinski definition) is 6. The van der Waals surface area contributed by atoms with Crippen LogP contribution in [0.25, 0.3) is 0 Å². The Hall–Kier alpha value is -2.36. The fourth-order valence-corrected chi connectivity index (χ4v) is 3.48. The fourth-order valence-electron chi connectivity index (χ4n) is 3.48. The smallest absolute Gasteiger partial charge is 0.410 e. The number of urea groups is 1. The monoisotopic (exact) mass is 366 g/mol. The standard InChI is InChI=1S/C16H26N6O4/c1-20-11-16(26-15(20)24)4-3-6-21(7-5-16)14(23)17-10-13-19-18-12-22(13)8-9-25-2/h12H,3-11H2,1-2H3,(H,17,23)/t16-/m1/s1. The van der Waals surface area contributed by atoms with Crippen molar-refractivity contribution in [2.45, 2.75) is 38.0 Å². The Bertz CT molecular complexity index is 650. The van der Waals surface area contributed by atoms with Crippen molar-refractivity contribution >= 4 is 12.1 Å². The number of rotatable bonds is 5. The lowest BCUT2D eigenvalue weighted by Gasteiger charge is -2.25. The molecule has 3 rings (SSSR count). The van der Waals surface area contributed by atoms with Gasteiger partial charge in [0.1, 0.15) is 11.9 Å². The number of carbonyl (C=O) groups is 2. The molecule has 1 aromatic heterocycles. The highest BCUT2D eigenvalue weighted by Crippen LogP contribution is 2.32. The van der Waals surface area contributed by atoms with Gasteiger partial charge in [0.2, 0.25) is 0 Å². The first-order valence-electron chi connectivity index (χ1n) is 8.85. The average molecular weight is 366 g/mol. The third-order valence-corrected chi connectivity index (χ3v) is 4.96. The Kier molecular flexibility index (Phi) is 5.60. The first-order chi connectivity index (χ1) is 12.5. The van der Waals surface area contributed by atoms with Crippen molar-refractivity contribution in [2.75, 3.05) is 40.4 Å². The van der Waals surface area contributed by atoms with Crippen LogP contribution in [0.4, 0.5) is 9.59 Å². The summed E-state index contributed by atoms with van der Waals surface area (Å²) in [4.78, 5) is 27.6. The van der Waals surface area contributed by atoms with Crippen molar-refractivity contribution in [3.05, 3.63) is 12.2 Å². The van der Waals surface area contributed by atoms with Crippen LogP contribution < -0.4 is 5.32 Å². The highest BCUT2D eigenvalue weighted by Gasteiger charge is 2.44. The molecular weight excluding hydrogens is 340 g/mol. The zero-order chi connectivity index (χ0) is 18.6. The minimum atomic E-state index is -0.457. The molecule has 1 aromatic rings. The summed E-state index contributed by atoms with van der Waals surface area (Å²) in [5.74, 6) is 0.688. The van der Waals surface area contributed by atoms with E-state index in [1.54, 1.807) is 30.3 Å². The largest absolute Gasteiger partial charge is 0.441 e. The third-order valence-electron chi connectivity index (χ3n) is 4.96. The summed E-state index contributed by atoms with van der Waals surface area (Å²) >= 11 is 0. The number of ether oxygens (including phenoxy) is 2. The van der Waals surface area contributed by atoms with Gasteiger partial charge < -0.3 is 29.2 Å². The maximum atomic E-state index is 12.5. The SMILES string of the molecule is COCCn1cnnc1CNC(=O)N1CCC[C@@]2(CC1)CN(C)C(=O)O2. The number of nitrogens with one attached hydrogen (secondary N) is 1. The minimum Gasteiger partial charge on any atom is -0.441 e. The zero-order valence-corrected chi connectivity index (χ0v) is 15.3. The van der Waals surface area contributed by atoms with Crippen molar-refractivity contribution in [3.63, 3.8) is 0 Å². The molecule has 1 atom stereocenters. The molecule has 3 heterocycles. The summed E-state index contributed by atoms with van der Waals surface area (Å²) in [6, 6.07) is -0.138. The molecule has 3 amide bonds. The summed E-state index contributed by atoms with van der Waals surface area (Å²) in [5.41, 5.74) is -0.457. The summed E-state index contributed by atoms with van der Waals surface area (Å²) in [7, 11) is 3.38. The molecule has 10 nitrogen and oxygen atoms in total. The van der Waals surface area contributed by atoms with E-state index in [0.717, 1.165) is 12.8 Å². The second-order valence-electron chi connectivity index (χ2n) is 6.84. The van der Waals surface area contributed by atoms with Gasteiger partial charge in [0.15, 0.2) is 5.82 Å². The summed E-state index contributed by atoms with van der Waals surface area (Å²) in [6.45, 7) is 3.29. The molecule has 0 aromatic carbocycles. The van der Waals surface area contributed by atoms with Crippen LogP contribution in [-0.2, 0) is 22.6 Å². The lowest BCUT2D eigenvalue weighted by molar-refractivity contribution is 0.0453. The maximum absolute atomic E-state index is 12.5. The molecule has 26 heavy (non-hydrogen) atoms. The van der Waals surface area contributed by atoms with Crippen LogP contribution in [0, 0.1) is 0 Å². The predicted molar refractivity (Wildman–Crippen MR) is 91.4 cm³/mol. The van der Waals surface area contributed by atoms with Gasteiger partial charge in [0.25, 0.3) is 0 Å².